The number of pyridine rings is 1. The lowest BCUT2D eigenvalue weighted by molar-refractivity contribution is 0.0920. The first-order valence-electron chi connectivity index (χ1n) is 5.19. The van der Waals surface area contributed by atoms with Crippen molar-refractivity contribution in [3.8, 4) is 6.07 Å². The van der Waals surface area contributed by atoms with Crippen molar-refractivity contribution in [1.29, 1.82) is 5.26 Å². The third kappa shape index (κ3) is 2.29. The van der Waals surface area contributed by atoms with Crippen LogP contribution >= 0.6 is 11.8 Å². The predicted molar refractivity (Wildman–Crippen MR) is 61.9 cm³/mol. The van der Waals surface area contributed by atoms with Crippen molar-refractivity contribution < 1.29 is 13.6 Å². The number of carbonyl (C=O) groups excluding carboxylic acids is 1. The zero-order valence-electron chi connectivity index (χ0n) is 9.24. The Morgan fingerprint density at radius 3 is 3.00 bits per heavy atom. The maximum atomic E-state index is 13.4. The number of hydrogen-bond donors (Lipinski definition) is 1. The molecule has 1 amide bonds. The first kappa shape index (κ1) is 12.8. The molecule has 2 heterocycles. The molecule has 18 heavy (non-hydrogen) atoms. The van der Waals surface area contributed by atoms with Crippen LogP contribution in [-0.2, 0) is 0 Å². The minimum atomic E-state index is -1.32. The Morgan fingerprint density at radius 1 is 1.61 bits per heavy atom. The van der Waals surface area contributed by atoms with Gasteiger partial charge in [-0.05, 0) is 18.2 Å². The molecule has 1 N–H and O–H groups in total. The van der Waals surface area contributed by atoms with Crippen molar-refractivity contribution in [3.05, 3.63) is 29.6 Å². The largest absolute Gasteiger partial charge is 0.333 e. The lowest BCUT2D eigenvalue weighted by atomic mass is 10.0. The maximum absolute atomic E-state index is 13.4. The van der Waals surface area contributed by atoms with E-state index in [4.69, 9.17) is 5.26 Å². The third-order valence-electron chi connectivity index (χ3n) is 2.68. The number of nitriles is 1. The summed E-state index contributed by atoms with van der Waals surface area (Å²) in [4.78, 5) is 14.9. The molecule has 0 saturated carbocycles. The number of nitrogens with zero attached hydrogens (tertiary/aromatic N) is 2. The van der Waals surface area contributed by atoms with Crippen LogP contribution in [0.1, 0.15) is 16.8 Å². The van der Waals surface area contributed by atoms with E-state index in [1.165, 1.54) is 11.8 Å². The van der Waals surface area contributed by atoms with Crippen LogP contribution in [0.15, 0.2) is 12.3 Å². The zero-order chi connectivity index (χ0) is 13.2. The van der Waals surface area contributed by atoms with Gasteiger partial charge in [-0.15, -0.1) is 0 Å². The Balaban J connectivity index is 2.22. The van der Waals surface area contributed by atoms with Gasteiger partial charge in [-0.2, -0.15) is 21.4 Å². The van der Waals surface area contributed by atoms with Gasteiger partial charge in [-0.25, -0.2) is 9.37 Å². The zero-order valence-corrected chi connectivity index (χ0v) is 10.1. The quantitative estimate of drug-likeness (QED) is 0.826. The molecule has 1 fully saturated rings. The van der Waals surface area contributed by atoms with Crippen LogP contribution in [0, 0.1) is 23.1 Å². The Bertz CT molecular complexity index is 524. The topological polar surface area (TPSA) is 65.8 Å². The molecule has 1 atom stereocenters. The molecule has 0 spiro atoms. The lowest BCUT2D eigenvalue weighted by Crippen LogP contribution is -2.47. The molecule has 1 aromatic rings. The Kier molecular flexibility index (Phi) is 3.48. The van der Waals surface area contributed by atoms with Crippen molar-refractivity contribution in [2.45, 2.75) is 12.0 Å². The second-order valence-electron chi connectivity index (χ2n) is 3.91. The maximum Gasteiger partial charge on any atom is 0.255 e. The summed E-state index contributed by atoms with van der Waals surface area (Å²) < 4.78 is 26.3. The van der Waals surface area contributed by atoms with E-state index in [9.17, 15) is 13.6 Å². The average molecular weight is 269 g/mol. The molecule has 0 aliphatic carbocycles. The lowest BCUT2D eigenvalue weighted by Gasteiger charge is -2.21. The number of amides is 1. The number of halogens is 2. The Hall–Kier alpha value is -1.68. The molecule has 1 saturated heterocycles. The molecule has 1 aliphatic heterocycles. The molecule has 1 aliphatic rings. The van der Waals surface area contributed by atoms with Crippen LogP contribution in [0.2, 0.25) is 0 Å². The second kappa shape index (κ2) is 4.90. The molecule has 1 unspecified atom stereocenters. The van der Waals surface area contributed by atoms with Crippen molar-refractivity contribution in [2.24, 2.45) is 0 Å². The summed E-state index contributed by atoms with van der Waals surface area (Å²) >= 11 is 1.53. The van der Waals surface area contributed by atoms with Crippen LogP contribution in [0.3, 0.4) is 0 Å². The first-order chi connectivity index (χ1) is 8.58. The van der Waals surface area contributed by atoms with Gasteiger partial charge in [-0.3, -0.25) is 4.79 Å². The number of thioether (sulfide) groups is 1. The number of nitrogens with one attached hydrogen (secondary N) is 1. The van der Waals surface area contributed by atoms with Gasteiger partial charge in [0.15, 0.2) is 5.82 Å². The molecule has 0 bridgehead atoms. The van der Waals surface area contributed by atoms with Gasteiger partial charge >= 0.3 is 0 Å². The smallest absolute Gasteiger partial charge is 0.255 e. The molecule has 4 nitrogen and oxygen atoms in total. The summed E-state index contributed by atoms with van der Waals surface area (Å²) in [6, 6.07) is 3.11. The van der Waals surface area contributed by atoms with E-state index in [-0.39, 0.29) is 0 Å². The van der Waals surface area contributed by atoms with Crippen molar-refractivity contribution in [1.82, 2.24) is 10.3 Å². The van der Waals surface area contributed by atoms with Crippen LogP contribution in [0.25, 0.3) is 0 Å². The second-order valence-corrected chi connectivity index (χ2v) is 5.02. The third-order valence-corrected chi connectivity index (χ3v) is 3.87. The van der Waals surface area contributed by atoms with E-state index in [1.54, 1.807) is 0 Å². The van der Waals surface area contributed by atoms with E-state index in [1.807, 2.05) is 6.07 Å². The highest BCUT2D eigenvalue weighted by Gasteiger charge is 2.36. The number of aromatic nitrogens is 1. The summed E-state index contributed by atoms with van der Waals surface area (Å²) in [7, 11) is 0. The molecule has 2 rings (SSSR count). The van der Waals surface area contributed by atoms with Gasteiger partial charge < -0.3 is 5.32 Å². The van der Waals surface area contributed by atoms with Gasteiger partial charge in [0, 0.05) is 11.9 Å². The van der Waals surface area contributed by atoms with E-state index >= 15 is 0 Å². The summed E-state index contributed by atoms with van der Waals surface area (Å²) in [5, 5.41) is 11.5. The average Bonchev–Trinajstić information content (AvgIpc) is 2.81. The number of hydrogen-bond acceptors (Lipinski definition) is 4. The van der Waals surface area contributed by atoms with Gasteiger partial charge in [0.25, 0.3) is 5.91 Å². The Morgan fingerprint density at radius 2 is 2.39 bits per heavy atom. The highest BCUT2D eigenvalue weighted by atomic mass is 32.2. The first-order valence-corrected chi connectivity index (χ1v) is 6.35. The standard InChI is InChI=1S/C11H9F2N3OS/c12-8-7(1-3-15-9(8)13)10(17)16-11(5-14)2-4-18-6-11/h1,3H,2,4,6H2,(H,16,17). The minimum absolute atomic E-state index is 0.436. The van der Waals surface area contributed by atoms with Crippen molar-refractivity contribution in [3.63, 3.8) is 0 Å². The minimum Gasteiger partial charge on any atom is -0.333 e. The van der Waals surface area contributed by atoms with Gasteiger partial charge in [0.2, 0.25) is 5.95 Å². The molecule has 1 aromatic heterocycles. The number of carbonyl (C=O) groups is 1. The molecule has 94 valence electrons. The highest BCUT2D eigenvalue weighted by molar-refractivity contribution is 7.99. The molecule has 7 heteroatoms. The van der Waals surface area contributed by atoms with E-state index in [0.29, 0.717) is 12.2 Å². The Labute approximate surface area is 106 Å². The van der Waals surface area contributed by atoms with Crippen LogP contribution < -0.4 is 5.32 Å². The fourth-order valence-electron chi connectivity index (χ4n) is 1.66. The number of rotatable bonds is 2. The summed E-state index contributed by atoms with van der Waals surface area (Å²) in [6.07, 6.45) is 1.50. The molecule has 0 radical (unpaired) electrons. The van der Waals surface area contributed by atoms with Crippen molar-refractivity contribution in [2.75, 3.05) is 11.5 Å². The van der Waals surface area contributed by atoms with Gasteiger partial charge in [-0.1, -0.05) is 0 Å². The molecule has 0 aromatic carbocycles. The van der Waals surface area contributed by atoms with Gasteiger partial charge in [0.05, 0.1) is 11.6 Å². The molecular weight excluding hydrogens is 260 g/mol. The molecular formula is C11H9F2N3OS. The van der Waals surface area contributed by atoms with E-state index in [0.717, 1.165) is 18.0 Å². The van der Waals surface area contributed by atoms with Crippen LogP contribution in [-0.4, -0.2) is 27.9 Å². The SMILES string of the molecule is N#CC1(NC(=O)c2ccnc(F)c2F)CCSC1. The van der Waals surface area contributed by atoms with E-state index < -0.39 is 28.8 Å². The van der Waals surface area contributed by atoms with Crippen LogP contribution in [0.4, 0.5) is 8.78 Å². The summed E-state index contributed by atoms with van der Waals surface area (Å²) in [5.41, 5.74) is -1.43. The summed E-state index contributed by atoms with van der Waals surface area (Å²) in [5.74, 6) is -2.22. The van der Waals surface area contributed by atoms with Gasteiger partial charge in [0.1, 0.15) is 5.54 Å². The fourth-order valence-corrected chi connectivity index (χ4v) is 2.92. The highest BCUT2D eigenvalue weighted by Crippen LogP contribution is 2.27. The fraction of sp³-hybridized carbons (Fsp3) is 0.364. The monoisotopic (exact) mass is 269 g/mol. The van der Waals surface area contributed by atoms with E-state index in [2.05, 4.69) is 10.3 Å². The predicted octanol–water partition coefficient (Wildman–Crippen LogP) is 1.49. The normalized spacial score (nSPS) is 22.5. The summed E-state index contributed by atoms with van der Waals surface area (Å²) in [6.45, 7) is 0. The van der Waals surface area contributed by atoms with Crippen molar-refractivity contribution >= 4 is 17.7 Å². The van der Waals surface area contributed by atoms with Crippen LogP contribution in [0.5, 0.6) is 0 Å².